The maximum Gasteiger partial charge on any atom is 0.143 e. The van der Waals surface area contributed by atoms with E-state index in [4.69, 9.17) is 8.83 Å². The van der Waals surface area contributed by atoms with Crippen LogP contribution in [0, 0.1) is 0 Å². The number of hydrogen-bond acceptors (Lipinski definition) is 3. The molecule has 3 nitrogen and oxygen atoms in total. The Hall–Kier alpha value is -8.14. The lowest BCUT2D eigenvalue weighted by atomic mass is 9.91. The van der Waals surface area contributed by atoms with E-state index in [1.54, 1.807) is 0 Å². The Kier molecular flexibility index (Phi) is 8.17. The molecule has 0 saturated heterocycles. The molecule has 0 spiro atoms. The minimum absolute atomic E-state index is 0.881. The number of fused-ring (bicyclic) bond motifs is 7. The van der Waals surface area contributed by atoms with Gasteiger partial charge in [0, 0.05) is 44.0 Å². The normalized spacial score (nSPS) is 11.6. The molecule has 0 saturated carbocycles. The highest BCUT2D eigenvalue weighted by Gasteiger charge is 2.21. The zero-order valence-corrected chi connectivity index (χ0v) is 33.1. The fourth-order valence-corrected chi connectivity index (χ4v) is 9.24. The Morgan fingerprint density at radius 2 is 0.836 bits per heavy atom. The van der Waals surface area contributed by atoms with Crippen LogP contribution in [0.4, 0.5) is 17.1 Å². The van der Waals surface area contributed by atoms with Crippen molar-refractivity contribution in [3.63, 3.8) is 0 Å². The van der Waals surface area contributed by atoms with E-state index in [1.165, 1.54) is 27.5 Å². The standard InChI is InChI=1S/C58H37NO2/c1-2-18-44-38(14-1)15-12-25-49(44)48-21-4-3-19-45(48)40-16-11-17-43(36-40)59(42-33-30-39(31-34-42)47-24-13-26-52-50-22-6-10-29-56(50)61-58(47)52)54-27-8-5-20-46(54)41-32-35-57-53(37-41)51-23-7-9-28-55(51)60-57/h1-37H. The first-order valence-corrected chi connectivity index (χ1v) is 20.7. The maximum absolute atomic E-state index is 6.47. The topological polar surface area (TPSA) is 29.5 Å². The molecule has 0 N–H and O–H groups in total. The molecule has 0 fully saturated rings. The lowest BCUT2D eigenvalue weighted by Crippen LogP contribution is -2.11. The zero-order valence-electron chi connectivity index (χ0n) is 33.1. The third-order valence-electron chi connectivity index (χ3n) is 12.1. The molecule has 0 amide bonds. The summed E-state index contributed by atoms with van der Waals surface area (Å²) in [5.74, 6) is 0. The van der Waals surface area contributed by atoms with Gasteiger partial charge in [0.15, 0.2) is 0 Å². The number of rotatable bonds is 7. The summed E-state index contributed by atoms with van der Waals surface area (Å²) >= 11 is 0. The van der Waals surface area contributed by atoms with E-state index in [-0.39, 0.29) is 0 Å². The lowest BCUT2D eigenvalue weighted by Gasteiger charge is -2.28. The summed E-state index contributed by atoms with van der Waals surface area (Å²) in [7, 11) is 0. The van der Waals surface area contributed by atoms with Crippen LogP contribution in [0.3, 0.4) is 0 Å². The zero-order chi connectivity index (χ0) is 40.3. The molecule has 0 aliphatic rings. The second-order valence-electron chi connectivity index (χ2n) is 15.6. The third kappa shape index (κ3) is 5.90. The molecule has 2 aromatic heterocycles. The molecule has 286 valence electrons. The second-order valence-corrected chi connectivity index (χ2v) is 15.6. The highest BCUT2D eigenvalue weighted by Crippen LogP contribution is 2.45. The van der Waals surface area contributed by atoms with Crippen LogP contribution in [0.5, 0.6) is 0 Å². The number of para-hydroxylation sites is 4. The first-order valence-electron chi connectivity index (χ1n) is 20.7. The molecular formula is C58H37NO2. The molecule has 0 aliphatic heterocycles. The van der Waals surface area contributed by atoms with Crippen LogP contribution in [-0.4, -0.2) is 0 Å². The summed E-state index contributed by atoms with van der Waals surface area (Å²) in [6, 6.07) is 80.1. The van der Waals surface area contributed by atoms with Gasteiger partial charge < -0.3 is 13.7 Å². The summed E-state index contributed by atoms with van der Waals surface area (Å²) < 4.78 is 12.7. The lowest BCUT2D eigenvalue weighted by molar-refractivity contribution is 0.669. The molecule has 0 unspecified atom stereocenters. The first-order chi connectivity index (χ1) is 30.2. The van der Waals surface area contributed by atoms with Crippen molar-refractivity contribution in [1.82, 2.24) is 0 Å². The molecule has 10 aromatic carbocycles. The number of hydrogen-bond donors (Lipinski definition) is 0. The van der Waals surface area contributed by atoms with Gasteiger partial charge in [-0.2, -0.15) is 0 Å². The van der Waals surface area contributed by atoms with Crippen molar-refractivity contribution in [3.05, 3.63) is 224 Å². The molecule has 0 atom stereocenters. The molecule has 0 radical (unpaired) electrons. The summed E-state index contributed by atoms with van der Waals surface area (Å²) in [5.41, 5.74) is 15.9. The molecule has 2 heterocycles. The van der Waals surface area contributed by atoms with Crippen molar-refractivity contribution in [2.45, 2.75) is 0 Å². The highest BCUT2D eigenvalue weighted by atomic mass is 16.3. The van der Waals surface area contributed by atoms with E-state index in [1.807, 2.05) is 24.3 Å². The van der Waals surface area contributed by atoms with Crippen LogP contribution in [-0.2, 0) is 0 Å². The van der Waals surface area contributed by atoms with Crippen LogP contribution in [0.15, 0.2) is 233 Å². The van der Waals surface area contributed by atoms with Gasteiger partial charge in [0.1, 0.15) is 22.3 Å². The first kappa shape index (κ1) is 34.9. The van der Waals surface area contributed by atoms with Gasteiger partial charge in [-0.25, -0.2) is 0 Å². The number of nitrogens with zero attached hydrogens (tertiary/aromatic N) is 1. The average Bonchev–Trinajstić information content (AvgIpc) is 3.90. The molecule has 0 aliphatic carbocycles. The fourth-order valence-electron chi connectivity index (χ4n) is 9.24. The number of anilines is 3. The maximum atomic E-state index is 6.47. The van der Waals surface area contributed by atoms with Crippen molar-refractivity contribution < 1.29 is 8.83 Å². The van der Waals surface area contributed by atoms with E-state index in [2.05, 4.69) is 205 Å². The van der Waals surface area contributed by atoms with Crippen molar-refractivity contribution in [3.8, 4) is 44.5 Å². The van der Waals surface area contributed by atoms with Crippen LogP contribution in [0.1, 0.15) is 0 Å². The largest absolute Gasteiger partial charge is 0.456 e. The Morgan fingerprint density at radius 3 is 1.69 bits per heavy atom. The van der Waals surface area contributed by atoms with E-state index in [9.17, 15) is 0 Å². The molecule has 0 bridgehead atoms. The van der Waals surface area contributed by atoms with Crippen LogP contribution in [0.25, 0.3) is 99.2 Å². The van der Waals surface area contributed by atoms with Gasteiger partial charge in [0.2, 0.25) is 0 Å². The summed E-state index contributed by atoms with van der Waals surface area (Å²) in [6.07, 6.45) is 0. The van der Waals surface area contributed by atoms with Gasteiger partial charge in [-0.15, -0.1) is 0 Å². The number of benzene rings is 10. The molecule has 61 heavy (non-hydrogen) atoms. The molecule has 3 heteroatoms. The molecular weight excluding hydrogens is 743 g/mol. The number of furan rings is 2. The van der Waals surface area contributed by atoms with Crippen molar-refractivity contribution in [2.24, 2.45) is 0 Å². The smallest absolute Gasteiger partial charge is 0.143 e. The SMILES string of the molecule is c1cc(-c2ccccc2-c2cccc3ccccc23)cc(N(c2ccc(-c3cccc4c3oc3ccccc34)cc2)c2ccccc2-c2ccc3oc4ccccc4c3c2)c1. The van der Waals surface area contributed by atoms with Crippen molar-refractivity contribution >= 4 is 71.7 Å². The predicted molar refractivity (Wildman–Crippen MR) is 255 cm³/mol. The summed E-state index contributed by atoms with van der Waals surface area (Å²) in [5, 5.41) is 6.93. The summed E-state index contributed by atoms with van der Waals surface area (Å²) in [6.45, 7) is 0. The second kappa shape index (κ2) is 14.3. The van der Waals surface area contributed by atoms with Crippen molar-refractivity contribution in [1.29, 1.82) is 0 Å². The Bertz CT molecular complexity index is 3600. The Morgan fingerprint density at radius 1 is 0.279 bits per heavy atom. The quantitative estimate of drug-likeness (QED) is 0.161. The van der Waals surface area contributed by atoms with Crippen LogP contribution in [0.2, 0.25) is 0 Å². The van der Waals surface area contributed by atoms with E-state index < -0.39 is 0 Å². The monoisotopic (exact) mass is 779 g/mol. The van der Waals surface area contributed by atoms with Gasteiger partial charge in [-0.3, -0.25) is 0 Å². The average molecular weight is 780 g/mol. The molecule has 12 rings (SSSR count). The van der Waals surface area contributed by atoms with Gasteiger partial charge >= 0.3 is 0 Å². The Labute approximate surface area is 353 Å². The minimum atomic E-state index is 0.881. The third-order valence-corrected chi connectivity index (χ3v) is 12.1. The van der Waals surface area contributed by atoms with E-state index in [0.717, 1.165) is 88.8 Å². The van der Waals surface area contributed by atoms with Crippen LogP contribution < -0.4 is 4.90 Å². The van der Waals surface area contributed by atoms with E-state index in [0.29, 0.717) is 0 Å². The highest BCUT2D eigenvalue weighted by molar-refractivity contribution is 6.10. The van der Waals surface area contributed by atoms with Gasteiger partial charge in [0.25, 0.3) is 0 Å². The minimum Gasteiger partial charge on any atom is -0.456 e. The fraction of sp³-hybridized carbons (Fsp3) is 0. The Balaban J connectivity index is 1.03. The predicted octanol–water partition coefficient (Wildman–Crippen LogP) is 16.8. The molecule has 12 aromatic rings. The van der Waals surface area contributed by atoms with Gasteiger partial charge in [-0.05, 0) is 98.8 Å². The van der Waals surface area contributed by atoms with E-state index >= 15 is 0 Å². The summed E-state index contributed by atoms with van der Waals surface area (Å²) in [4.78, 5) is 2.39. The van der Waals surface area contributed by atoms with Gasteiger partial charge in [-0.1, -0.05) is 170 Å². The van der Waals surface area contributed by atoms with Crippen molar-refractivity contribution in [2.75, 3.05) is 4.90 Å². The van der Waals surface area contributed by atoms with Crippen LogP contribution >= 0.6 is 0 Å². The van der Waals surface area contributed by atoms with Gasteiger partial charge in [0.05, 0.1) is 5.69 Å².